The summed E-state index contributed by atoms with van der Waals surface area (Å²) in [7, 11) is 0. The minimum Gasteiger partial charge on any atom is -0.383 e. The molecule has 1 aliphatic carbocycles. The minimum atomic E-state index is 0.224. The van der Waals surface area contributed by atoms with Gasteiger partial charge in [-0.05, 0) is 32.1 Å². The quantitative estimate of drug-likeness (QED) is 0.760. The topological polar surface area (TPSA) is 99.1 Å². The summed E-state index contributed by atoms with van der Waals surface area (Å²) in [6, 6.07) is 0. The van der Waals surface area contributed by atoms with Crippen molar-refractivity contribution in [2.24, 2.45) is 5.41 Å². The van der Waals surface area contributed by atoms with Crippen LogP contribution in [0.2, 0.25) is 0 Å². The lowest BCUT2D eigenvalue weighted by molar-refractivity contribution is -0.103. The van der Waals surface area contributed by atoms with Crippen molar-refractivity contribution < 1.29 is 4.74 Å². The Balaban J connectivity index is 1.55. The highest BCUT2D eigenvalue weighted by atomic mass is 16.5. The van der Waals surface area contributed by atoms with Crippen molar-refractivity contribution in [3.8, 4) is 0 Å². The van der Waals surface area contributed by atoms with Crippen molar-refractivity contribution in [2.45, 2.75) is 51.2 Å². The van der Waals surface area contributed by atoms with Gasteiger partial charge in [0.15, 0.2) is 0 Å². The van der Waals surface area contributed by atoms with Crippen LogP contribution in [0.15, 0.2) is 6.20 Å². The Kier molecular flexibility index (Phi) is 4.26. The lowest BCUT2D eigenvalue weighted by atomic mass is 9.63. The van der Waals surface area contributed by atoms with E-state index in [1.54, 1.807) is 6.20 Å². The van der Waals surface area contributed by atoms with E-state index in [4.69, 9.17) is 16.2 Å². The fraction of sp³-hybridized carbons (Fsp3) is 0.733. The third-order valence-electron chi connectivity index (χ3n) is 4.92. The van der Waals surface area contributed by atoms with Crippen molar-refractivity contribution in [3.05, 3.63) is 11.8 Å². The smallest absolute Gasteiger partial charge is 0.221 e. The van der Waals surface area contributed by atoms with Gasteiger partial charge >= 0.3 is 0 Å². The Labute approximate surface area is 125 Å². The van der Waals surface area contributed by atoms with Crippen LogP contribution in [-0.4, -0.2) is 29.2 Å². The van der Waals surface area contributed by atoms with Gasteiger partial charge in [0.1, 0.15) is 5.82 Å². The second kappa shape index (κ2) is 6.15. The van der Waals surface area contributed by atoms with Crippen molar-refractivity contribution in [2.75, 3.05) is 24.6 Å². The van der Waals surface area contributed by atoms with Crippen LogP contribution in [0.5, 0.6) is 0 Å². The molecule has 1 unspecified atom stereocenters. The summed E-state index contributed by atoms with van der Waals surface area (Å²) < 4.78 is 6.02. The molecule has 1 aromatic heterocycles. The van der Waals surface area contributed by atoms with Gasteiger partial charge in [0.05, 0.1) is 6.10 Å². The molecule has 6 heteroatoms. The standard InChI is InChI=1S/C15H25N5O/c16-13-11(9-19-14(17)20-13)8-18-10-15(5-3-6-15)12-4-1-2-7-21-12/h9,12,18H,1-8,10H2,(H4,16,17,19,20). The maximum Gasteiger partial charge on any atom is 0.221 e. The molecular formula is C15H25N5O. The molecule has 0 bridgehead atoms. The molecule has 0 spiro atoms. The van der Waals surface area contributed by atoms with E-state index < -0.39 is 0 Å². The predicted molar refractivity (Wildman–Crippen MR) is 82.4 cm³/mol. The molecule has 0 aromatic carbocycles. The summed E-state index contributed by atoms with van der Waals surface area (Å²) >= 11 is 0. The summed E-state index contributed by atoms with van der Waals surface area (Å²) in [5.41, 5.74) is 12.6. The first-order valence-electron chi connectivity index (χ1n) is 7.89. The SMILES string of the molecule is Nc1ncc(CNCC2(C3CCCCO3)CCC2)c(N)n1. The number of rotatable bonds is 5. The lowest BCUT2D eigenvalue weighted by Gasteiger charge is -2.49. The molecule has 3 rings (SSSR count). The van der Waals surface area contributed by atoms with Gasteiger partial charge < -0.3 is 21.5 Å². The number of hydrogen-bond acceptors (Lipinski definition) is 6. The molecule has 2 heterocycles. The van der Waals surface area contributed by atoms with Crippen molar-refractivity contribution in [1.82, 2.24) is 15.3 Å². The predicted octanol–water partition coefficient (Wildman–Crippen LogP) is 1.47. The van der Waals surface area contributed by atoms with E-state index in [0.29, 0.717) is 23.9 Å². The summed E-state index contributed by atoms with van der Waals surface area (Å²) in [5.74, 6) is 0.689. The first-order valence-corrected chi connectivity index (χ1v) is 7.89. The Morgan fingerprint density at radius 1 is 1.29 bits per heavy atom. The average Bonchev–Trinajstić information content (AvgIpc) is 2.45. The van der Waals surface area contributed by atoms with E-state index in [1.807, 2.05) is 0 Å². The van der Waals surface area contributed by atoms with Crippen molar-refractivity contribution >= 4 is 11.8 Å². The average molecular weight is 291 g/mol. The number of anilines is 2. The molecule has 0 amide bonds. The highest BCUT2D eigenvalue weighted by molar-refractivity contribution is 5.41. The van der Waals surface area contributed by atoms with Gasteiger partial charge in [-0.25, -0.2) is 4.98 Å². The molecule has 116 valence electrons. The van der Waals surface area contributed by atoms with Crippen LogP contribution in [-0.2, 0) is 11.3 Å². The van der Waals surface area contributed by atoms with Crippen LogP contribution >= 0.6 is 0 Å². The second-order valence-corrected chi connectivity index (χ2v) is 6.31. The zero-order valence-corrected chi connectivity index (χ0v) is 12.5. The molecule has 2 fully saturated rings. The third-order valence-corrected chi connectivity index (χ3v) is 4.92. The Hall–Kier alpha value is -1.40. The Morgan fingerprint density at radius 2 is 2.14 bits per heavy atom. The highest BCUT2D eigenvalue weighted by Crippen LogP contribution is 2.47. The first kappa shape index (κ1) is 14.5. The number of ether oxygens (including phenoxy) is 1. The molecule has 6 nitrogen and oxygen atoms in total. The molecule has 1 saturated carbocycles. The fourth-order valence-electron chi connectivity index (χ4n) is 3.48. The van der Waals surface area contributed by atoms with Crippen molar-refractivity contribution in [3.63, 3.8) is 0 Å². The molecular weight excluding hydrogens is 266 g/mol. The summed E-state index contributed by atoms with van der Waals surface area (Å²) in [6.07, 6.45) is 9.67. The maximum absolute atomic E-state index is 6.02. The molecule has 1 saturated heterocycles. The van der Waals surface area contributed by atoms with Gasteiger partial charge in [-0.3, -0.25) is 0 Å². The largest absolute Gasteiger partial charge is 0.383 e. The monoisotopic (exact) mass is 291 g/mol. The number of nitrogens with two attached hydrogens (primary N) is 2. The second-order valence-electron chi connectivity index (χ2n) is 6.31. The van der Waals surface area contributed by atoms with Gasteiger partial charge in [0.25, 0.3) is 0 Å². The van der Waals surface area contributed by atoms with Gasteiger partial charge in [0, 0.05) is 36.9 Å². The van der Waals surface area contributed by atoms with Crippen LogP contribution in [0.25, 0.3) is 0 Å². The van der Waals surface area contributed by atoms with Crippen LogP contribution in [0, 0.1) is 5.41 Å². The molecule has 0 radical (unpaired) electrons. The van der Waals surface area contributed by atoms with Crippen LogP contribution < -0.4 is 16.8 Å². The molecule has 2 aliphatic rings. The number of aromatic nitrogens is 2. The number of hydrogen-bond donors (Lipinski definition) is 3. The molecule has 1 aromatic rings. The van der Waals surface area contributed by atoms with Gasteiger partial charge in [-0.15, -0.1) is 0 Å². The van der Waals surface area contributed by atoms with E-state index in [2.05, 4.69) is 15.3 Å². The van der Waals surface area contributed by atoms with E-state index >= 15 is 0 Å². The fourth-order valence-corrected chi connectivity index (χ4v) is 3.48. The van der Waals surface area contributed by atoms with Crippen LogP contribution in [0.1, 0.15) is 44.1 Å². The lowest BCUT2D eigenvalue weighted by Crippen LogP contribution is -2.50. The number of nitrogen functional groups attached to an aromatic ring is 2. The van der Waals surface area contributed by atoms with Crippen LogP contribution in [0.3, 0.4) is 0 Å². The molecule has 1 atom stereocenters. The van der Waals surface area contributed by atoms with Crippen molar-refractivity contribution in [1.29, 1.82) is 0 Å². The zero-order valence-electron chi connectivity index (χ0n) is 12.5. The molecule has 21 heavy (non-hydrogen) atoms. The molecule has 1 aliphatic heterocycles. The number of nitrogens with one attached hydrogen (secondary N) is 1. The Bertz CT molecular complexity index is 483. The van der Waals surface area contributed by atoms with Crippen LogP contribution in [0.4, 0.5) is 11.8 Å². The van der Waals surface area contributed by atoms with Gasteiger partial charge in [0.2, 0.25) is 5.95 Å². The van der Waals surface area contributed by atoms with E-state index in [9.17, 15) is 0 Å². The minimum absolute atomic E-state index is 0.224. The summed E-state index contributed by atoms with van der Waals surface area (Å²) in [5, 5.41) is 3.52. The van der Waals surface area contributed by atoms with E-state index in [-0.39, 0.29) is 5.95 Å². The Morgan fingerprint density at radius 3 is 2.76 bits per heavy atom. The summed E-state index contributed by atoms with van der Waals surface area (Å²) in [4.78, 5) is 7.99. The first-order chi connectivity index (χ1) is 10.2. The zero-order chi connectivity index (χ0) is 14.7. The number of nitrogens with zero attached hydrogens (tertiary/aromatic N) is 2. The normalized spacial score (nSPS) is 24.5. The molecule has 5 N–H and O–H groups in total. The van der Waals surface area contributed by atoms with Gasteiger partial charge in [-0.1, -0.05) is 6.42 Å². The maximum atomic E-state index is 6.02. The van der Waals surface area contributed by atoms with E-state index in [0.717, 1.165) is 18.7 Å². The highest BCUT2D eigenvalue weighted by Gasteiger charge is 2.44. The third kappa shape index (κ3) is 3.11. The van der Waals surface area contributed by atoms with Gasteiger partial charge in [-0.2, -0.15) is 4.98 Å². The van der Waals surface area contributed by atoms with E-state index in [1.165, 1.54) is 38.5 Å². The summed E-state index contributed by atoms with van der Waals surface area (Å²) in [6.45, 7) is 2.58.